The zero-order valence-corrected chi connectivity index (χ0v) is 10.8. The zero-order chi connectivity index (χ0) is 13.0. The van der Waals surface area contributed by atoms with E-state index in [2.05, 4.69) is 26.1 Å². The number of benzene rings is 1. The molecule has 2 rings (SSSR count). The molecule has 0 saturated carbocycles. The largest absolute Gasteiger partial charge is 0.480 e. The van der Waals surface area contributed by atoms with Gasteiger partial charge in [0.2, 0.25) is 5.82 Å². The molecule has 0 spiro atoms. The van der Waals surface area contributed by atoms with Gasteiger partial charge in [0.25, 0.3) is 5.89 Å². The van der Waals surface area contributed by atoms with E-state index in [0.29, 0.717) is 5.82 Å². The van der Waals surface area contributed by atoms with E-state index in [0.717, 1.165) is 10.0 Å². The number of carbonyl (C=O) groups is 1. The van der Waals surface area contributed by atoms with E-state index in [9.17, 15) is 4.79 Å². The van der Waals surface area contributed by atoms with Crippen LogP contribution in [0.15, 0.2) is 33.3 Å². The van der Waals surface area contributed by atoms with Crippen molar-refractivity contribution in [2.24, 2.45) is 0 Å². The Hall–Kier alpha value is -1.73. The Morgan fingerprint density at radius 1 is 1.44 bits per heavy atom. The highest BCUT2D eigenvalue weighted by Gasteiger charge is 2.11. The van der Waals surface area contributed by atoms with E-state index < -0.39 is 12.6 Å². The Morgan fingerprint density at radius 3 is 2.94 bits per heavy atom. The third-order valence-electron chi connectivity index (χ3n) is 2.03. The molecular formula is C11H9BrN2O4. The summed E-state index contributed by atoms with van der Waals surface area (Å²) in [6.07, 6.45) is 0. The molecule has 0 saturated heterocycles. The Kier molecular flexibility index (Phi) is 4.06. The number of aliphatic carboxylic acids is 1. The molecule has 94 valence electrons. The van der Waals surface area contributed by atoms with Crippen LogP contribution in [0.4, 0.5) is 0 Å². The molecule has 0 fully saturated rings. The van der Waals surface area contributed by atoms with Crippen LogP contribution in [0.3, 0.4) is 0 Å². The molecule has 0 aliphatic carbocycles. The summed E-state index contributed by atoms with van der Waals surface area (Å²) in [7, 11) is 0. The lowest BCUT2D eigenvalue weighted by Gasteiger charge is -1.96. The molecule has 1 heterocycles. The van der Waals surface area contributed by atoms with Crippen molar-refractivity contribution in [3.8, 4) is 11.4 Å². The molecule has 18 heavy (non-hydrogen) atoms. The normalized spacial score (nSPS) is 10.5. The van der Waals surface area contributed by atoms with Gasteiger partial charge < -0.3 is 14.4 Å². The molecule has 7 heteroatoms. The number of aromatic nitrogens is 2. The summed E-state index contributed by atoms with van der Waals surface area (Å²) in [5, 5.41) is 12.2. The third kappa shape index (κ3) is 3.14. The minimum absolute atomic E-state index is 0.0241. The molecule has 1 aromatic carbocycles. The average Bonchev–Trinajstić information content (AvgIpc) is 2.78. The highest BCUT2D eigenvalue weighted by atomic mass is 79.9. The molecule has 2 aromatic rings. The number of hydrogen-bond acceptors (Lipinski definition) is 5. The molecule has 0 unspecified atom stereocenters. The summed E-state index contributed by atoms with van der Waals surface area (Å²) in [5.74, 6) is -0.376. The van der Waals surface area contributed by atoms with Crippen molar-refractivity contribution in [3.63, 3.8) is 0 Å². The number of carboxylic acid groups (broad SMARTS) is 1. The van der Waals surface area contributed by atoms with Gasteiger partial charge in [-0.2, -0.15) is 4.98 Å². The fourth-order valence-electron chi connectivity index (χ4n) is 1.29. The van der Waals surface area contributed by atoms with Crippen molar-refractivity contribution in [2.45, 2.75) is 6.61 Å². The van der Waals surface area contributed by atoms with Gasteiger partial charge in [-0.15, -0.1) is 0 Å². The summed E-state index contributed by atoms with van der Waals surface area (Å²) in [5.41, 5.74) is 0.797. The van der Waals surface area contributed by atoms with E-state index in [-0.39, 0.29) is 12.5 Å². The predicted octanol–water partition coefficient (Wildman–Crippen LogP) is 2.10. The summed E-state index contributed by atoms with van der Waals surface area (Å²) >= 11 is 3.38. The van der Waals surface area contributed by atoms with Crippen LogP contribution < -0.4 is 0 Å². The van der Waals surface area contributed by atoms with Gasteiger partial charge in [-0.3, -0.25) is 0 Å². The fraction of sp³-hybridized carbons (Fsp3) is 0.182. The molecule has 0 radical (unpaired) electrons. The summed E-state index contributed by atoms with van der Waals surface area (Å²) in [6, 6.07) is 7.45. The second-order valence-corrected chi connectivity index (χ2v) is 4.23. The van der Waals surface area contributed by atoms with Gasteiger partial charge in [0, 0.05) is 10.0 Å². The topological polar surface area (TPSA) is 85.5 Å². The van der Waals surface area contributed by atoms with Gasteiger partial charge in [0.05, 0.1) is 0 Å². The van der Waals surface area contributed by atoms with Crippen LogP contribution in [0.25, 0.3) is 11.4 Å². The van der Waals surface area contributed by atoms with Crippen molar-refractivity contribution < 1.29 is 19.2 Å². The number of halogens is 1. The highest BCUT2D eigenvalue weighted by molar-refractivity contribution is 9.10. The van der Waals surface area contributed by atoms with E-state index in [1.807, 2.05) is 24.3 Å². The van der Waals surface area contributed by atoms with Crippen LogP contribution in [0.5, 0.6) is 0 Å². The molecule has 1 aromatic heterocycles. The first-order valence-corrected chi connectivity index (χ1v) is 5.83. The lowest BCUT2D eigenvalue weighted by atomic mass is 10.2. The first-order valence-electron chi connectivity index (χ1n) is 5.04. The van der Waals surface area contributed by atoms with Gasteiger partial charge in [-0.1, -0.05) is 33.2 Å². The van der Waals surface area contributed by atoms with Crippen LogP contribution in [-0.4, -0.2) is 27.8 Å². The molecule has 0 aliphatic rings. The average molecular weight is 313 g/mol. The zero-order valence-electron chi connectivity index (χ0n) is 9.17. The number of ether oxygens (including phenoxy) is 1. The standard InChI is InChI=1S/C11H9BrN2O4/c12-8-4-2-1-3-7(8)11-13-9(18-14-11)5-17-6-10(15)16/h1-4H,5-6H2,(H,15,16). The van der Waals surface area contributed by atoms with E-state index >= 15 is 0 Å². The minimum atomic E-state index is -1.04. The first kappa shape index (κ1) is 12.7. The molecular weight excluding hydrogens is 304 g/mol. The maximum absolute atomic E-state index is 10.3. The van der Waals surface area contributed by atoms with Crippen LogP contribution in [0.1, 0.15) is 5.89 Å². The maximum Gasteiger partial charge on any atom is 0.329 e. The molecule has 1 N–H and O–H groups in total. The second-order valence-electron chi connectivity index (χ2n) is 3.38. The van der Waals surface area contributed by atoms with Crippen molar-refractivity contribution >= 4 is 21.9 Å². The van der Waals surface area contributed by atoms with Gasteiger partial charge in [-0.05, 0) is 12.1 Å². The van der Waals surface area contributed by atoms with Crippen LogP contribution in [0, 0.1) is 0 Å². The number of rotatable bonds is 5. The minimum Gasteiger partial charge on any atom is -0.480 e. The Labute approximate surface area is 111 Å². The van der Waals surface area contributed by atoms with E-state index in [1.54, 1.807) is 0 Å². The second kappa shape index (κ2) is 5.74. The molecule has 0 aliphatic heterocycles. The molecule has 0 atom stereocenters. The van der Waals surface area contributed by atoms with E-state index in [1.165, 1.54) is 0 Å². The van der Waals surface area contributed by atoms with Gasteiger partial charge >= 0.3 is 5.97 Å². The Bertz CT molecular complexity index is 555. The lowest BCUT2D eigenvalue weighted by molar-refractivity contribution is -0.142. The summed E-state index contributed by atoms with van der Waals surface area (Å²) in [4.78, 5) is 14.4. The number of carboxylic acids is 1. The first-order chi connectivity index (χ1) is 8.66. The molecule has 6 nitrogen and oxygen atoms in total. The van der Waals surface area contributed by atoms with Crippen LogP contribution in [-0.2, 0) is 16.1 Å². The Balaban J connectivity index is 2.06. The van der Waals surface area contributed by atoms with Crippen molar-refractivity contribution in [1.82, 2.24) is 10.1 Å². The lowest BCUT2D eigenvalue weighted by Crippen LogP contribution is -2.06. The monoisotopic (exact) mass is 312 g/mol. The predicted molar refractivity (Wildman–Crippen MR) is 64.7 cm³/mol. The van der Waals surface area contributed by atoms with Gasteiger partial charge in [0.1, 0.15) is 13.2 Å². The number of nitrogens with zero attached hydrogens (tertiary/aromatic N) is 2. The third-order valence-corrected chi connectivity index (χ3v) is 2.73. The molecule has 0 amide bonds. The summed E-state index contributed by atoms with van der Waals surface area (Å²) in [6.45, 7) is -0.420. The van der Waals surface area contributed by atoms with Crippen molar-refractivity contribution in [2.75, 3.05) is 6.61 Å². The smallest absolute Gasteiger partial charge is 0.329 e. The summed E-state index contributed by atoms with van der Waals surface area (Å²) < 4.78 is 10.7. The van der Waals surface area contributed by atoms with Crippen molar-refractivity contribution in [1.29, 1.82) is 0 Å². The van der Waals surface area contributed by atoms with Crippen LogP contribution in [0.2, 0.25) is 0 Å². The number of hydrogen-bond donors (Lipinski definition) is 1. The molecule has 0 bridgehead atoms. The van der Waals surface area contributed by atoms with E-state index in [4.69, 9.17) is 14.4 Å². The van der Waals surface area contributed by atoms with Gasteiger partial charge in [-0.25, -0.2) is 4.79 Å². The highest BCUT2D eigenvalue weighted by Crippen LogP contribution is 2.25. The van der Waals surface area contributed by atoms with Crippen LogP contribution >= 0.6 is 15.9 Å². The quantitative estimate of drug-likeness (QED) is 0.910. The van der Waals surface area contributed by atoms with Gasteiger partial charge in [0.15, 0.2) is 0 Å². The Morgan fingerprint density at radius 2 is 2.22 bits per heavy atom. The maximum atomic E-state index is 10.3. The SMILES string of the molecule is O=C(O)COCc1nc(-c2ccccc2Br)no1. The van der Waals surface area contributed by atoms with Crippen molar-refractivity contribution in [3.05, 3.63) is 34.6 Å². The fourth-order valence-corrected chi connectivity index (χ4v) is 1.75.